The van der Waals surface area contributed by atoms with Crippen molar-refractivity contribution in [1.82, 2.24) is 0 Å². The first-order chi connectivity index (χ1) is 24.5. The van der Waals surface area contributed by atoms with E-state index in [1.807, 2.05) is 0 Å². The van der Waals surface area contributed by atoms with E-state index >= 15 is 0 Å². The molecule has 0 unspecified atom stereocenters. The summed E-state index contributed by atoms with van der Waals surface area (Å²) in [5.74, 6) is -1.80. The molecule has 0 amide bonds. The molecule has 0 N–H and O–H groups in total. The van der Waals surface area contributed by atoms with Crippen LogP contribution in [0.5, 0.6) is 0 Å². The predicted molar refractivity (Wildman–Crippen MR) is 221 cm³/mol. The first-order valence-electron chi connectivity index (χ1n) is 22.9. The van der Waals surface area contributed by atoms with Crippen LogP contribution >= 0.6 is 0 Å². The van der Waals surface area contributed by atoms with Crippen molar-refractivity contribution in [2.45, 2.75) is 284 Å². The maximum atomic E-state index is 10.3. The van der Waals surface area contributed by atoms with E-state index in [-0.39, 0.29) is 35.9 Å². The molecule has 300 valence electrons. The molecule has 0 rings (SSSR count). The Kier molecular flexibility index (Phi) is 55.9. The van der Waals surface area contributed by atoms with Gasteiger partial charge in [0, 0.05) is 11.9 Å². The molecule has 0 atom stereocenters. The smallest absolute Gasteiger partial charge is 0.550 e. The first kappa shape index (κ1) is 55.0. The van der Waals surface area contributed by atoms with Crippen molar-refractivity contribution in [2.24, 2.45) is 0 Å². The number of unbranched alkanes of at least 4 members (excludes halogenated alkanes) is 38. The second-order valence-electron chi connectivity index (χ2n) is 15.7. The van der Waals surface area contributed by atoms with Crippen LogP contribution in [-0.2, 0) is 9.59 Å². The zero-order chi connectivity index (χ0) is 36.9. The van der Waals surface area contributed by atoms with Crippen LogP contribution in [0.25, 0.3) is 0 Å². The molecule has 0 aliphatic rings. The second kappa shape index (κ2) is 51.8. The van der Waals surface area contributed by atoms with Crippen molar-refractivity contribution >= 4 is 35.0 Å². The van der Waals surface area contributed by atoms with Crippen LogP contribution in [0.2, 0.25) is 0 Å². The van der Waals surface area contributed by atoms with Gasteiger partial charge in [-0.05, 0) is 25.7 Å². The SMILES string of the molecule is CCCCCCCCCCCCCCCCCCCCCCC(=O)[O-].CCCCCCCCCCCCCCCCCCCCCCC(=O)[O-].[Mg+2]. The van der Waals surface area contributed by atoms with Crippen LogP contribution in [0, 0.1) is 0 Å². The Morgan fingerprint density at radius 1 is 0.255 bits per heavy atom. The van der Waals surface area contributed by atoms with Gasteiger partial charge in [0.15, 0.2) is 0 Å². The molecule has 0 heterocycles. The second-order valence-corrected chi connectivity index (χ2v) is 15.7. The number of aliphatic carboxylic acids is 2. The summed E-state index contributed by atoms with van der Waals surface area (Å²) in [7, 11) is 0. The van der Waals surface area contributed by atoms with Crippen LogP contribution < -0.4 is 10.2 Å². The van der Waals surface area contributed by atoms with Gasteiger partial charge in [-0.25, -0.2) is 0 Å². The minimum atomic E-state index is -0.901. The molecule has 0 aromatic carbocycles. The van der Waals surface area contributed by atoms with Crippen molar-refractivity contribution in [2.75, 3.05) is 0 Å². The van der Waals surface area contributed by atoms with Crippen molar-refractivity contribution in [1.29, 1.82) is 0 Å². The summed E-state index contributed by atoms with van der Waals surface area (Å²) in [4.78, 5) is 20.6. The van der Waals surface area contributed by atoms with Crippen molar-refractivity contribution in [3.63, 3.8) is 0 Å². The summed E-state index contributed by atoms with van der Waals surface area (Å²) in [6, 6.07) is 0. The monoisotopic (exact) mass is 731 g/mol. The molecule has 0 aliphatic carbocycles. The van der Waals surface area contributed by atoms with Crippen LogP contribution in [0.3, 0.4) is 0 Å². The topological polar surface area (TPSA) is 80.3 Å². The Morgan fingerprint density at radius 3 is 0.490 bits per heavy atom. The van der Waals surface area contributed by atoms with E-state index in [9.17, 15) is 19.8 Å². The first-order valence-corrected chi connectivity index (χ1v) is 22.9. The average Bonchev–Trinajstić information content (AvgIpc) is 3.10. The molecule has 0 spiro atoms. The third-order valence-corrected chi connectivity index (χ3v) is 10.5. The molecular formula is C46H90MgO4. The molecule has 0 aliphatic heterocycles. The van der Waals surface area contributed by atoms with Crippen LogP contribution in [0.4, 0.5) is 0 Å². The summed E-state index contributed by atoms with van der Waals surface area (Å²) in [6.07, 6.45) is 54.4. The maximum absolute atomic E-state index is 10.3. The zero-order valence-corrected chi connectivity index (χ0v) is 36.5. The standard InChI is InChI=1S/2C23H46O2.Mg/c2*1-2-3-4-5-6-7-8-9-10-11-12-13-14-15-16-17-18-19-20-21-22-23(24)25;/h2*2-22H2,1H3,(H,24,25);/q;;+2/p-2. The number of rotatable bonds is 42. The van der Waals surface area contributed by atoms with Gasteiger partial charge in [-0.3, -0.25) is 0 Å². The summed E-state index contributed by atoms with van der Waals surface area (Å²) in [5, 5.41) is 20.6. The number of hydrogen-bond donors (Lipinski definition) is 0. The Balaban J connectivity index is -0.000000886. The Bertz CT molecular complexity index is 587. The van der Waals surface area contributed by atoms with Gasteiger partial charge in [-0.2, -0.15) is 0 Å². The van der Waals surface area contributed by atoms with E-state index < -0.39 is 11.9 Å². The predicted octanol–water partition coefficient (Wildman–Crippen LogP) is 13.5. The molecule has 0 bridgehead atoms. The summed E-state index contributed by atoms with van der Waals surface area (Å²) < 4.78 is 0. The molecule has 0 saturated heterocycles. The van der Waals surface area contributed by atoms with E-state index in [1.165, 1.54) is 231 Å². The van der Waals surface area contributed by atoms with Crippen molar-refractivity contribution in [3.8, 4) is 0 Å². The normalized spacial score (nSPS) is 10.9. The van der Waals surface area contributed by atoms with E-state index in [0.29, 0.717) is 0 Å². The van der Waals surface area contributed by atoms with E-state index in [4.69, 9.17) is 0 Å². The molecule has 0 saturated carbocycles. The third kappa shape index (κ3) is 59.2. The minimum Gasteiger partial charge on any atom is -0.550 e. The average molecular weight is 732 g/mol. The van der Waals surface area contributed by atoms with Gasteiger partial charge in [-0.1, -0.05) is 258 Å². The van der Waals surface area contributed by atoms with Gasteiger partial charge in [-0.15, -0.1) is 0 Å². The van der Waals surface area contributed by atoms with E-state index in [1.54, 1.807) is 0 Å². The molecule has 5 heteroatoms. The fourth-order valence-electron chi connectivity index (χ4n) is 7.05. The van der Waals surface area contributed by atoms with Crippen molar-refractivity contribution in [3.05, 3.63) is 0 Å². The third-order valence-electron chi connectivity index (χ3n) is 10.5. The molecule has 0 radical (unpaired) electrons. The zero-order valence-electron chi connectivity index (χ0n) is 35.0. The molecule has 0 fully saturated rings. The van der Waals surface area contributed by atoms with Gasteiger partial charge in [0.05, 0.1) is 0 Å². The molecule has 4 nitrogen and oxygen atoms in total. The Hall–Kier alpha value is -0.294. The summed E-state index contributed by atoms with van der Waals surface area (Å²) in [5.41, 5.74) is 0. The van der Waals surface area contributed by atoms with E-state index in [0.717, 1.165) is 25.7 Å². The van der Waals surface area contributed by atoms with Gasteiger partial charge in [0.25, 0.3) is 0 Å². The van der Waals surface area contributed by atoms with Crippen LogP contribution in [0.1, 0.15) is 284 Å². The quantitative estimate of drug-likeness (QED) is 0.0462. The number of hydrogen-bond acceptors (Lipinski definition) is 4. The largest absolute Gasteiger partial charge is 2.00 e. The number of carboxylic acid groups (broad SMARTS) is 2. The van der Waals surface area contributed by atoms with Gasteiger partial charge >= 0.3 is 23.1 Å². The fraction of sp³-hybridized carbons (Fsp3) is 0.957. The molecule has 0 aromatic rings. The Morgan fingerprint density at radius 2 is 0.373 bits per heavy atom. The Labute approximate surface area is 336 Å². The number of carboxylic acids is 2. The number of carbonyl (C=O) groups is 2. The van der Waals surface area contributed by atoms with Crippen LogP contribution in [0.15, 0.2) is 0 Å². The molecule has 0 aromatic heterocycles. The van der Waals surface area contributed by atoms with Gasteiger partial charge in [0.2, 0.25) is 0 Å². The molecular weight excluding hydrogens is 641 g/mol. The molecule has 51 heavy (non-hydrogen) atoms. The fourth-order valence-corrected chi connectivity index (χ4v) is 7.05. The summed E-state index contributed by atoms with van der Waals surface area (Å²) >= 11 is 0. The maximum Gasteiger partial charge on any atom is 2.00 e. The summed E-state index contributed by atoms with van der Waals surface area (Å²) in [6.45, 7) is 4.57. The minimum absolute atomic E-state index is 0. The van der Waals surface area contributed by atoms with E-state index in [2.05, 4.69) is 13.8 Å². The van der Waals surface area contributed by atoms with Gasteiger partial charge in [0.1, 0.15) is 0 Å². The van der Waals surface area contributed by atoms with Crippen molar-refractivity contribution < 1.29 is 19.8 Å². The number of carbonyl (C=O) groups excluding carboxylic acids is 2. The van der Waals surface area contributed by atoms with Gasteiger partial charge < -0.3 is 19.8 Å². The van der Waals surface area contributed by atoms with Crippen LogP contribution in [-0.4, -0.2) is 35.0 Å².